The summed E-state index contributed by atoms with van der Waals surface area (Å²) in [5, 5.41) is 0. The lowest BCUT2D eigenvalue weighted by molar-refractivity contribution is 0.110. The molecule has 0 amide bonds. The second-order valence-corrected chi connectivity index (χ2v) is 9.45. The average molecular weight is 398 g/mol. The molecule has 2 aromatic carbocycles. The second kappa shape index (κ2) is 9.75. The Bertz CT molecular complexity index is 748. The van der Waals surface area contributed by atoms with E-state index in [-0.39, 0.29) is 11.2 Å². The number of nitrogens with zero attached hydrogens (tertiary/aromatic N) is 1. The van der Waals surface area contributed by atoms with Gasteiger partial charge in [0.15, 0.2) is 0 Å². The molecule has 0 saturated carbocycles. The minimum atomic E-state index is -0.166. The highest BCUT2D eigenvalue weighted by Crippen LogP contribution is 2.34. The molecule has 3 rings (SSSR count). The van der Waals surface area contributed by atoms with Gasteiger partial charge in [-0.3, -0.25) is 0 Å². The molecule has 2 aromatic rings. The first-order valence-corrected chi connectivity index (χ1v) is 11.1. The third-order valence-electron chi connectivity index (χ3n) is 6.13. The normalized spacial score (nSPS) is 20.6. The Morgan fingerprint density at radius 3 is 2.34 bits per heavy atom. The van der Waals surface area contributed by atoms with Gasteiger partial charge in [-0.1, -0.05) is 58.4 Å². The van der Waals surface area contributed by atoms with Crippen molar-refractivity contribution in [1.82, 2.24) is 4.90 Å². The molecule has 2 atom stereocenters. The van der Waals surface area contributed by atoms with E-state index in [1.54, 1.807) is 12.1 Å². The van der Waals surface area contributed by atoms with Crippen molar-refractivity contribution in [2.24, 2.45) is 5.92 Å². The van der Waals surface area contributed by atoms with E-state index in [1.165, 1.54) is 24.0 Å². The van der Waals surface area contributed by atoms with Gasteiger partial charge in [0.1, 0.15) is 11.6 Å². The molecule has 2 unspecified atom stereocenters. The molecule has 1 aliphatic heterocycles. The molecule has 1 heterocycles. The summed E-state index contributed by atoms with van der Waals surface area (Å²) in [6, 6.07) is 15.6. The standard InChI is InChI=1S/C26H36FNO/c1-5-6-16-28-17-15-25(20-7-11-23(27)12-8-20)21(18-28)19-29-24-13-9-22(10-14-24)26(2,3)4/h7-14,21,25H,5-6,15-19H2,1-4H3. The third kappa shape index (κ3) is 6.05. The maximum atomic E-state index is 13.4. The van der Waals surface area contributed by atoms with Crippen LogP contribution in [0.3, 0.4) is 0 Å². The van der Waals surface area contributed by atoms with Crippen LogP contribution < -0.4 is 4.74 Å². The van der Waals surface area contributed by atoms with Crippen LogP contribution in [0.25, 0.3) is 0 Å². The van der Waals surface area contributed by atoms with Crippen molar-refractivity contribution >= 4 is 0 Å². The molecule has 1 aliphatic rings. The summed E-state index contributed by atoms with van der Waals surface area (Å²) in [6.07, 6.45) is 3.56. The van der Waals surface area contributed by atoms with Gasteiger partial charge in [0.25, 0.3) is 0 Å². The maximum Gasteiger partial charge on any atom is 0.123 e. The van der Waals surface area contributed by atoms with E-state index in [1.807, 2.05) is 12.1 Å². The number of hydrogen-bond acceptors (Lipinski definition) is 2. The van der Waals surface area contributed by atoms with Gasteiger partial charge in [0.05, 0.1) is 6.61 Å². The van der Waals surface area contributed by atoms with E-state index in [0.717, 1.165) is 31.8 Å². The van der Waals surface area contributed by atoms with Crippen molar-refractivity contribution in [1.29, 1.82) is 0 Å². The summed E-state index contributed by atoms with van der Waals surface area (Å²) in [7, 11) is 0. The lowest BCUT2D eigenvalue weighted by Crippen LogP contribution is -2.42. The molecule has 29 heavy (non-hydrogen) atoms. The number of unbranched alkanes of at least 4 members (excludes halogenated alkanes) is 1. The quantitative estimate of drug-likeness (QED) is 0.535. The van der Waals surface area contributed by atoms with Crippen LogP contribution in [0.2, 0.25) is 0 Å². The van der Waals surface area contributed by atoms with Gasteiger partial charge < -0.3 is 9.64 Å². The molecule has 1 saturated heterocycles. The number of ether oxygens (including phenoxy) is 1. The highest BCUT2D eigenvalue weighted by molar-refractivity contribution is 5.31. The van der Waals surface area contributed by atoms with Crippen LogP contribution in [0.5, 0.6) is 5.75 Å². The summed E-state index contributed by atoms with van der Waals surface area (Å²) in [5.41, 5.74) is 2.70. The van der Waals surface area contributed by atoms with Gasteiger partial charge in [0, 0.05) is 12.5 Å². The van der Waals surface area contributed by atoms with Crippen LogP contribution in [0, 0.1) is 11.7 Å². The molecule has 0 radical (unpaired) electrons. The molecule has 0 bridgehead atoms. The highest BCUT2D eigenvalue weighted by Gasteiger charge is 2.30. The van der Waals surface area contributed by atoms with Crippen LogP contribution in [-0.2, 0) is 5.41 Å². The monoisotopic (exact) mass is 397 g/mol. The molecule has 0 N–H and O–H groups in total. The zero-order valence-corrected chi connectivity index (χ0v) is 18.5. The van der Waals surface area contributed by atoms with Gasteiger partial charge in [-0.2, -0.15) is 0 Å². The predicted octanol–water partition coefficient (Wildman–Crippen LogP) is 6.41. The lowest BCUT2D eigenvalue weighted by Gasteiger charge is -2.39. The molecule has 0 spiro atoms. The maximum absolute atomic E-state index is 13.4. The first-order chi connectivity index (χ1) is 13.9. The van der Waals surface area contributed by atoms with Gasteiger partial charge in [-0.15, -0.1) is 0 Å². The largest absolute Gasteiger partial charge is 0.493 e. The van der Waals surface area contributed by atoms with Gasteiger partial charge >= 0.3 is 0 Å². The second-order valence-electron chi connectivity index (χ2n) is 9.45. The van der Waals surface area contributed by atoms with Crippen molar-refractivity contribution in [2.45, 2.75) is 58.3 Å². The Morgan fingerprint density at radius 2 is 1.72 bits per heavy atom. The fourth-order valence-corrected chi connectivity index (χ4v) is 4.26. The Kier molecular flexibility index (Phi) is 7.34. The molecular formula is C26H36FNO. The number of likely N-dealkylation sites (tertiary alicyclic amines) is 1. The molecule has 158 valence electrons. The number of hydrogen-bond donors (Lipinski definition) is 0. The highest BCUT2D eigenvalue weighted by atomic mass is 19.1. The first-order valence-electron chi connectivity index (χ1n) is 11.1. The van der Waals surface area contributed by atoms with Crippen LogP contribution in [-0.4, -0.2) is 31.1 Å². The van der Waals surface area contributed by atoms with Gasteiger partial charge in [0.2, 0.25) is 0 Å². The van der Waals surface area contributed by atoms with Crippen LogP contribution in [0.1, 0.15) is 64.0 Å². The van der Waals surface area contributed by atoms with Crippen molar-refractivity contribution in [3.05, 3.63) is 65.5 Å². The van der Waals surface area contributed by atoms with Gasteiger partial charge in [-0.25, -0.2) is 4.39 Å². The van der Waals surface area contributed by atoms with Crippen LogP contribution in [0.4, 0.5) is 4.39 Å². The summed E-state index contributed by atoms with van der Waals surface area (Å²) in [6.45, 7) is 12.9. The Hall–Kier alpha value is -1.87. The van der Waals surface area contributed by atoms with Gasteiger partial charge in [-0.05, 0) is 72.7 Å². The van der Waals surface area contributed by atoms with E-state index in [2.05, 4.69) is 56.9 Å². The Morgan fingerprint density at radius 1 is 1.03 bits per heavy atom. The summed E-state index contributed by atoms with van der Waals surface area (Å²) < 4.78 is 19.6. The number of halogens is 1. The van der Waals surface area contributed by atoms with E-state index in [4.69, 9.17) is 4.74 Å². The summed E-state index contributed by atoms with van der Waals surface area (Å²) in [4.78, 5) is 2.57. The SMILES string of the molecule is CCCCN1CCC(c2ccc(F)cc2)C(COc2ccc(C(C)(C)C)cc2)C1. The number of rotatable bonds is 7. The van der Waals surface area contributed by atoms with Crippen molar-refractivity contribution < 1.29 is 9.13 Å². The van der Waals surface area contributed by atoms with Crippen LogP contribution in [0.15, 0.2) is 48.5 Å². The third-order valence-corrected chi connectivity index (χ3v) is 6.13. The number of piperidine rings is 1. The van der Waals surface area contributed by atoms with E-state index in [0.29, 0.717) is 18.4 Å². The predicted molar refractivity (Wildman–Crippen MR) is 119 cm³/mol. The average Bonchev–Trinajstić information content (AvgIpc) is 2.71. The van der Waals surface area contributed by atoms with E-state index in [9.17, 15) is 4.39 Å². The Balaban J connectivity index is 1.69. The molecule has 0 aromatic heterocycles. The van der Waals surface area contributed by atoms with Crippen LogP contribution >= 0.6 is 0 Å². The summed E-state index contributed by atoms with van der Waals surface area (Å²) >= 11 is 0. The zero-order valence-electron chi connectivity index (χ0n) is 18.5. The number of benzene rings is 2. The molecule has 2 nitrogen and oxygen atoms in total. The van der Waals surface area contributed by atoms with E-state index < -0.39 is 0 Å². The molecular weight excluding hydrogens is 361 g/mol. The fourth-order valence-electron chi connectivity index (χ4n) is 4.26. The fraction of sp³-hybridized carbons (Fsp3) is 0.538. The Labute approximate surface area is 176 Å². The minimum Gasteiger partial charge on any atom is -0.493 e. The van der Waals surface area contributed by atoms with Crippen molar-refractivity contribution in [2.75, 3.05) is 26.2 Å². The molecule has 1 fully saturated rings. The summed E-state index contributed by atoms with van der Waals surface area (Å²) in [5.74, 6) is 1.60. The zero-order chi connectivity index (χ0) is 20.9. The minimum absolute atomic E-state index is 0.148. The van der Waals surface area contributed by atoms with Crippen molar-refractivity contribution in [3.63, 3.8) is 0 Å². The first kappa shape index (κ1) is 21.8. The van der Waals surface area contributed by atoms with Crippen molar-refractivity contribution in [3.8, 4) is 5.75 Å². The molecule has 3 heteroatoms. The lowest BCUT2D eigenvalue weighted by atomic mass is 9.80. The van der Waals surface area contributed by atoms with E-state index >= 15 is 0 Å². The molecule has 0 aliphatic carbocycles. The topological polar surface area (TPSA) is 12.5 Å². The smallest absolute Gasteiger partial charge is 0.123 e.